The molecule has 0 aliphatic heterocycles. The third-order valence-corrected chi connectivity index (χ3v) is 2.69. The van der Waals surface area contributed by atoms with Gasteiger partial charge in [-0.3, -0.25) is 4.79 Å². The van der Waals surface area contributed by atoms with Crippen molar-refractivity contribution in [2.75, 3.05) is 0 Å². The predicted octanol–water partition coefficient (Wildman–Crippen LogP) is 8.32. The van der Waals surface area contributed by atoms with E-state index in [2.05, 4.69) is 38.5 Å². The molecule has 0 unspecified atom stereocenters. The molecule has 1 aliphatic carbocycles. The average Bonchev–Trinajstić information content (AvgIpc) is 2.66. The molecule has 3 heteroatoms. The number of ether oxygens (including phenoxy) is 1. The third kappa shape index (κ3) is 56.8. The van der Waals surface area contributed by atoms with Crippen LogP contribution >= 0.6 is 0 Å². The lowest BCUT2D eigenvalue weighted by Gasteiger charge is -2.13. The van der Waals surface area contributed by atoms with Crippen LogP contribution in [0.3, 0.4) is 0 Å². The van der Waals surface area contributed by atoms with Gasteiger partial charge in [-0.25, -0.2) is 0 Å². The molecule has 0 radical (unpaired) electrons. The van der Waals surface area contributed by atoms with Gasteiger partial charge in [-0.2, -0.15) is 5.26 Å². The summed E-state index contributed by atoms with van der Waals surface area (Å²) in [7, 11) is 0. The molecule has 1 saturated carbocycles. The normalized spacial score (nSPS) is 11.7. The van der Waals surface area contributed by atoms with Crippen LogP contribution in [0.5, 0.6) is 0 Å². The lowest BCUT2D eigenvalue weighted by atomic mass is 9.91. The Balaban J connectivity index is -0.0000000747. The molecule has 3 nitrogen and oxygen atoms in total. The summed E-state index contributed by atoms with van der Waals surface area (Å²) in [4.78, 5) is 10.0. The van der Waals surface area contributed by atoms with E-state index in [0.717, 1.165) is 12.8 Å². The number of esters is 1. The average molecular weight is 374 g/mol. The Bertz CT molecular complexity index is 249. The number of carbonyl (C=O) groups excluding carboxylic acids is 1. The molecule has 0 spiro atoms. The van der Waals surface area contributed by atoms with Gasteiger partial charge in [0.25, 0.3) is 0 Å². The summed E-state index contributed by atoms with van der Waals surface area (Å²) in [5, 5.41) is 8.44. The molecular formula is C23H51NO2. The quantitative estimate of drug-likeness (QED) is 0.457. The predicted molar refractivity (Wildman–Crippen MR) is 118 cm³/mol. The summed E-state index contributed by atoms with van der Waals surface area (Å²) in [6.07, 6.45) is 10.1. The standard InChI is InChI=1S/C7H11N.C5H10O2.C4H10.C3H8.2C2H6/c8-6-7-4-2-1-3-5-7;1-4(2)7-5(3)6;1-3-4-2;1-3-2;2*1-2/h7H,1-5H2;4H,1-3H3;3-4H2,1-2H3;3H2,1-2H3;2*1-2H3. The SMILES string of the molecule is CC.CC.CC(=O)OC(C)C.CCC.CCCC.N#CC1CCCCC1. The molecule has 26 heavy (non-hydrogen) atoms. The van der Waals surface area contributed by atoms with Gasteiger partial charge in [0, 0.05) is 12.8 Å². The van der Waals surface area contributed by atoms with Crippen LogP contribution in [0.4, 0.5) is 0 Å². The molecular weight excluding hydrogens is 322 g/mol. The second-order valence-corrected chi connectivity index (χ2v) is 5.83. The molecule has 1 fully saturated rings. The largest absolute Gasteiger partial charge is 0.463 e. The first-order chi connectivity index (χ1) is 12.4. The zero-order chi connectivity index (χ0) is 21.8. The third-order valence-electron chi connectivity index (χ3n) is 2.69. The second-order valence-electron chi connectivity index (χ2n) is 5.83. The summed E-state index contributed by atoms with van der Waals surface area (Å²) in [5.41, 5.74) is 0. The van der Waals surface area contributed by atoms with Gasteiger partial charge < -0.3 is 4.74 Å². The van der Waals surface area contributed by atoms with Crippen molar-refractivity contribution in [1.82, 2.24) is 0 Å². The Labute approximate surface area is 166 Å². The molecule has 1 aliphatic rings. The van der Waals surface area contributed by atoms with Crippen LogP contribution in [-0.4, -0.2) is 12.1 Å². The van der Waals surface area contributed by atoms with Gasteiger partial charge in [-0.05, 0) is 26.7 Å². The first-order valence-corrected chi connectivity index (χ1v) is 11.0. The highest BCUT2D eigenvalue weighted by molar-refractivity contribution is 5.66. The van der Waals surface area contributed by atoms with E-state index in [-0.39, 0.29) is 12.1 Å². The Morgan fingerprint density at radius 2 is 1.31 bits per heavy atom. The molecule has 0 aromatic heterocycles. The Morgan fingerprint density at radius 3 is 1.42 bits per heavy atom. The monoisotopic (exact) mass is 373 g/mol. The Morgan fingerprint density at radius 1 is 0.962 bits per heavy atom. The van der Waals surface area contributed by atoms with Crippen molar-refractivity contribution in [1.29, 1.82) is 5.26 Å². The van der Waals surface area contributed by atoms with Crippen LogP contribution < -0.4 is 0 Å². The topological polar surface area (TPSA) is 50.1 Å². The molecule has 0 aromatic carbocycles. The lowest BCUT2D eigenvalue weighted by molar-refractivity contribution is -0.144. The van der Waals surface area contributed by atoms with E-state index in [4.69, 9.17) is 5.26 Å². The minimum atomic E-state index is -0.213. The fourth-order valence-corrected chi connectivity index (χ4v) is 1.56. The maximum Gasteiger partial charge on any atom is 0.302 e. The van der Waals surface area contributed by atoms with Gasteiger partial charge in [0.2, 0.25) is 0 Å². The van der Waals surface area contributed by atoms with Gasteiger partial charge in [0.1, 0.15) is 0 Å². The highest BCUT2D eigenvalue weighted by atomic mass is 16.5. The second kappa shape index (κ2) is 39.2. The summed E-state index contributed by atoms with van der Waals surface area (Å²) in [6, 6.07) is 2.30. The maximum absolute atomic E-state index is 10.0. The fraction of sp³-hybridized carbons (Fsp3) is 0.913. The van der Waals surface area contributed by atoms with Crippen LogP contribution in [0.15, 0.2) is 0 Å². The molecule has 0 amide bonds. The van der Waals surface area contributed by atoms with E-state index in [9.17, 15) is 4.79 Å². The molecule has 0 N–H and O–H groups in total. The number of nitrogens with zero attached hydrogens (tertiary/aromatic N) is 1. The Hall–Kier alpha value is -1.04. The van der Waals surface area contributed by atoms with Gasteiger partial charge in [-0.1, -0.05) is 93.9 Å². The number of unbranched alkanes of at least 4 members (excludes halogenated alkanes) is 1. The number of hydrogen-bond donors (Lipinski definition) is 0. The van der Waals surface area contributed by atoms with E-state index >= 15 is 0 Å². The van der Waals surface area contributed by atoms with Crippen LogP contribution in [-0.2, 0) is 9.53 Å². The van der Waals surface area contributed by atoms with Gasteiger partial charge in [0.15, 0.2) is 0 Å². The van der Waals surface area contributed by atoms with Crippen molar-refractivity contribution in [3.63, 3.8) is 0 Å². The summed E-state index contributed by atoms with van der Waals surface area (Å²) in [5.74, 6) is 0.179. The van der Waals surface area contributed by atoms with E-state index in [1.807, 2.05) is 41.5 Å². The van der Waals surface area contributed by atoms with Crippen molar-refractivity contribution in [3.8, 4) is 6.07 Å². The van der Waals surface area contributed by atoms with Crippen molar-refractivity contribution >= 4 is 5.97 Å². The van der Waals surface area contributed by atoms with Crippen molar-refractivity contribution in [3.05, 3.63) is 0 Å². The zero-order valence-electron chi connectivity index (χ0n) is 20.1. The number of nitriles is 1. The fourth-order valence-electron chi connectivity index (χ4n) is 1.56. The van der Waals surface area contributed by atoms with Crippen LogP contribution in [0.25, 0.3) is 0 Å². The van der Waals surface area contributed by atoms with Crippen LogP contribution in [0, 0.1) is 17.2 Å². The maximum atomic E-state index is 10.0. The van der Waals surface area contributed by atoms with E-state index in [0.29, 0.717) is 5.92 Å². The van der Waals surface area contributed by atoms with Gasteiger partial charge in [0.05, 0.1) is 12.2 Å². The zero-order valence-corrected chi connectivity index (χ0v) is 20.1. The number of hydrogen-bond acceptors (Lipinski definition) is 3. The minimum Gasteiger partial charge on any atom is -0.463 e. The summed E-state index contributed by atoms with van der Waals surface area (Å²) in [6.45, 7) is 21.7. The molecule has 0 bridgehead atoms. The number of carbonyl (C=O) groups is 1. The lowest BCUT2D eigenvalue weighted by Crippen LogP contribution is -2.06. The van der Waals surface area contributed by atoms with Crippen molar-refractivity contribution < 1.29 is 9.53 Å². The molecule has 160 valence electrons. The van der Waals surface area contributed by atoms with Crippen molar-refractivity contribution in [2.24, 2.45) is 5.92 Å². The van der Waals surface area contributed by atoms with Gasteiger partial charge in [-0.15, -0.1) is 0 Å². The molecule has 0 heterocycles. The molecule has 0 saturated heterocycles. The van der Waals surface area contributed by atoms with Crippen molar-refractivity contribution in [2.45, 2.75) is 134 Å². The summed E-state index contributed by atoms with van der Waals surface area (Å²) >= 11 is 0. The first-order valence-electron chi connectivity index (χ1n) is 11.0. The van der Waals surface area contributed by atoms with Crippen LogP contribution in [0.1, 0.15) is 128 Å². The highest BCUT2D eigenvalue weighted by Crippen LogP contribution is 2.22. The smallest absolute Gasteiger partial charge is 0.302 e. The van der Waals surface area contributed by atoms with Gasteiger partial charge >= 0.3 is 5.97 Å². The van der Waals surface area contributed by atoms with E-state index in [1.165, 1.54) is 45.4 Å². The van der Waals surface area contributed by atoms with E-state index < -0.39 is 0 Å². The first kappa shape index (κ1) is 36.0. The summed E-state index contributed by atoms with van der Waals surface area (Å²) < 4.78 is 4.61. The van der Waals surface area contributed by atoms with Crippen LogP contribution in [0.2, 0.25) is 0 Å². The van der Waals surface area contributed by atoms with E-state index in [1.54, 1.807) is 0 Å². The Kier molecular flexibility index (Phi) is 54.2. The number of rotatable bonds is 2. The molecule has 0 aromatic rings. The molecule has 1 rings (SSSR count). The highest BCUT2D eigenvalue weighted by Gasteiger charge is 2.10. The minimum absolute atomic E-state index is 0.0255. The molecule has 0 atom stereocenters.